The molecule has 0 N–H and O–H groups in total. The van der Waals surface area contributed by atoms with Gasteiger partial charge >= 0.3 is 5.97 Å². The Morgan fingerprint density at radius 2 is 1.80 bits per heavy atom. The van der Waals surface area contributed by atoms with Crippen LogP contribution in [0.2, 0.25) is 0 Å². The van der Waals surface area contributed by atoms with Gasteiger partial charge in [0.1, 0.15) is 11.4 Å². The van der Waals surface area contributed by atoms with Crippen LogP contribution in [0.3, 0.4) is 0 Å². The first-order valence-electron chi connectivity index (χ1n) is 9.56. The van der Waals surface area contributed by atoms with Gasteiger partial charge in [-0.25, -0.2) is 4.79 Å². The van der Waals surface area contributed by atoms with Crippen molar-refractivity contribution >= 4 is 17.3 Å². The van der Waals surface area contributed by atoms with E-state index in [1.807, 2.05) is 30.3 Å². The van der Waals surface area contributed by atoms with Crippen LogP contribution < -0.4 is 4.90 Å². The third kappa shape index (κ3) is 3.77. The van der Waals surface area contributed by atoms with Gasteiger partial charge in [0, 0.05) is 36.6 Å². The largest absolute Gasteiger partial charge is 0.464 e. The van der Waals surface area contributed by atoms with E-state index in [2.05, 4.69) is 4.90 Å². The van der Waals surface area contributed by atoms with Gasteiger partial charge in [0.05, 0.1) is 25.2 Å². The topological polar surface area (TPSA) is 86.8 Å². The fourth-order valence-corrected chi connectivity index (χ4v) is 3.59. The van der Waals surface area contributed by atoms with Gasteiger partial charge in [-0.15, -0.1) is 0 Å². The van der Waals surface area contributed by atoms with Crippen molar-refractivity contribution in [2.24, 2.45) is 0 Å². The van der Waals surface area contributed by atoms with Crippen molar-refractivity contribution in [2.75, 3.05) is 38.3 Å². The maximum Gasteiger partial charge on any atom is 0.355 e. The number of nitro groups is 1. The molecular formula is C22H21N3O5. The van der Waals surface area contributed by atoms with Crippen LogP contribution in [0, 0.1) is 10.1 Å². The van der Waals surface area contributed by atoms with Crippen molar-refractivity contribution in [3.8, 4) is 16.8 Å². The van der Waals surface area contributed by atoms with Crippen molar-refractivity contribution in [2.45, 2.75) is 0 Å². The van der Waals surface area contributed by atoms with Crippen molar-refractivity contribution in [1.29, 1.82) is 0 Å². The summed E-state index contributed by atoms with van der Waals surface area (Å²) in [6, 6.07) is 16.2. The zero-order valence-corrected chi connectivity index (χ0v) is 16.5. The van der Waals surface area contributed by atoms with Crippen LogP contribution in [-0.4, -0.2) is 48.9 Å². The van der Waals surface area contributed by atoms with Gasteiger partial charge in [-0.1, -0.05) is 30.3 Å². The van der Waals surface area contributed by atoms with E-state index < -0.39 is 10.9 Å². The molecule has 0 spiro atoms. The molecule has 0 bridgehead atoms. The molecule has 1 aliphatic heterocycles. The number of esters is 1. The van der Waals surface area contributed by atoms with E-state index in [0.29, 0.717) is 32.0 Å². The van der Waals surface area contributed by atoms with Crippen LogP contribution in [0.4, 0.5) is 11.4 Å². The van der Waals surface area contributed by atoms with E-state index >= 15 is 0 Å². The monoisotopic (exact) mass is 407 g/mol. The summed E-state index contributed by atoms with van der Waals surface area (Å²) in [7, 11) is 1.29. The summed E-state index contributed by atoms with van der Waals surface area (Å²) in [5.74, 6) is -0.566. The minimum Gasteiger partial charge on any atom is -0.464 e. The number of carbonyl (C=O) groups excluding carboxylic acids is 1. The number of aromatic nitrogens is 1. The third-order valence-corrected chi connectivity index (χ3v) is 5.11. The summed E-state index contributed by atoms with van der Waals surface area (Å²) in [5.41, 5.74) is 2.94. The van der Waals surface area contributed by atoms with Crippen LogP contribution in [0.25, 0.3) is 16.8 Å². The lowest BCUT2D eigenvalue weighted by Crippen LogP contribution is -2.36. The van der Waals surface area contributed by atoms with Gasteiger partial charge in [-0.3, -0.25) is 10.1 Å². The Kier molecular flexibility index (Phi) is 5.49. The molecule has 30 heavy (non-hydrogen) atoms. The quantitative estimate of drug-likeness (QED) is 0.364. The summed E-state index contributed by atoms with van der Waals surface area (Å²) < 4.78 is 11.9. The SMILES string of the molecule is COC(=O)c1cc(-c2ccccc2)cn1-c1cc(N2CCOCC2)ccc1[N+](=O)[O-]. The number of ether oxygens (including phenoxy) is 2. The molecule has 8 nitrogen and oxygen atoms in total. The molecule has 4 rings (SSSR count). The summed E-state index contributed by atoms with van der Waals surface area (Å²) in [6.45, 7) is 2.59. The second-order valence-corrected chi connectivity index (χ2v) is 6.87. The third-order valence-electron chi connectivity index (χ3n) is 5.11. The van der Waals surface area contributed by atoms with Crippen LogP contribution in [0.5, 0.6) is 0 Å². The highest BCUT2D eigenvalue weighted by molar-refractivity contribution is 5.91. The molecule has 1 saturated heterocycles. The van der Waals surface area contributed by atoms with Crippen LogP contribution >= 0.6 is 0 Å². The Balaban J connectivity index is 1.88. The second-order valence-electron chi connectivity index (χ2n) is 6.87. The number of methoxy groups -OCH3 is 1. The van der Waals surface area contributed by atoms with Crippen LogP contribution in [0.1, 0.15) is 10.5 Å². The van der Waals surface area contributed by atoms with Crippen molar-refractivity contribution in [1.82, 2.24) is 4.57 Å². The zero-order chi connectivity index (χ0) is 21.1. The predicted octanol–water partition coefficient (Wildman–Crippen LogP) is 3.68. The molecule has 0 radical (unpaired) electrons. The first-order valence-corrected chi connectivity index (χ1v) is 9.56. The molecule has 2 aromatic carbocycles. The lowest BCUT2D eigenvalue weighted by atomic mass is 10.1. The number of hydrogen-bond donors (Lipinski definition) is 0. The van der Waals surface area contributed by atoms with Gasteiger partial charge in [0.15, 0.2) is 0 Å². The van der Waals surface area contributed by atoms with Crippen molar-refractivity contribution in [3.05, 3.63) is 76.6 Å². The molecule has 2 heterocycles. The first-order chi connectivity index (χ1) is 14.6. The molecule has 154 valence electrons. The second kappa shape index (κ2) is 8.38. The smallest absolute Gasteiger partial charge is 0.355 e. The average Bonchev–Trinajstić information content (AvgIpc) is 3.24. The average molecular weight is 407 g/mol. The molecule has 0 saturated carbocycles. The van der Waals surface area contributed by atoms with E-state index in [-0.39, 0.29) is 11.4 Å². The summed E-state index contributed by atoms with van der Waals surface area (Å²) >= 11 is 0. The molecule has 1 aromatic heterocycles. The van der Waals surface area contributed by atoms with Gasteiger partial charge in [0.25, 0.3) is 5.69 Å². The van der Waals surface area contributed by atoms with Crippen molar-refractivity contribution < 1.29 is 19.2 Å². The Labute approximate surface area is 173 Å². The van der Waals surface area contributed by atoms with Crippen molar-refractivity contribution in [3.63, 3.8) is 0 Å². The molecule has 8 heteroatoms. The zero-order valence-electron chi connectivity index (χ0n) is 16.5. The molecule has 3 aromatic rings. The highest BCUT2D eigenvalue weighted by Crippen LogP contribution is 2.33. The molecule has 1 aliphatic rings. The van der Waals surface area contributed by atoms with Crippen LogP contribution in [0.15, 0.2) is 60.8 Å². The fraction of sp³-hybridized carbons (Fsp3) is 0.227. The van der Waals surface area contributed by atoms with Gasteiger partial charge in [0.2, 0.25) is 0 Å². The standard InChI is InChI=1S/C22H21N3O5/c1-29-22(26)21-13-17(16-5-3-2-4-6-16)15-24(21)20-14-18(7-8-19(20)25(27)28)23-9-11-30-12-10-23/h2-8,13-15H,9-12H2,1H3. The summed E-state index contributed by atoms with van der Waals surface area (Å²) in [5, 5.41) is 11.8. The highest BCUT2D eigenvalue weighted by atomic mass is 16.6. The number of hydrogen-bond acceptors (Lipinski definition) is 6. The Hall–Kier alpha value is -3.65. The Bertz CT molecular complexity index is 1070. The number of rotatable bonds is 5. The van der Waals surface area contributed by atoms with Gasteiger partial charge in [-0.05, 0) is 23.8 Å². The number of carbonyl (C=O) groups is 1. The van der Waals surface area contributed by atoms with Gasteiger partial charge in [-0.2, -0.15) is 0 Å². The van der Waals surface area contributed by atoms with Crippen LogP contribution in [-0.2, 0) is 9.47 Å². The first kappa shape index (κ1) is 19.7. The van der Waals surface area contributed by atoms with E-state index in [1.54, 1.807) is 24.4 Å². The predicted molar refractivity (Wildman–Crippen MR) is 112 cm³/mol. The molecular weight excluding hydrogens is 386 g/mol. The highest BCUT2D eigenvalue weighted by Gasteiger charge is 2.24. The van der Waals surface area contributed by atoms with E-state index in [4.69, 9.17) is 9.47 Å². The van der Waals surface area contributed by atoms with E-state index in [1.165, 1.54) is 17.7 Å². The number of nitrogens with zero attached hydrogens (tertiary/aromatic N) is 3. The maximum absolute atomic E-state index is 12.5. The fourth-order valence-electron chi connectivity index (χ4n) is 3.59. The minimum absolute atomic E-state index is 0.0904. The molecule has 0 atom stereocenters. The molecule has 0 amide bonds. The van der Waals surface area contributed by atoms with E-state index in [9.17, 15) is 14.9 Å². The lowest BCUT2D eigenvalue weighted by molar-refractivity contribution is -0.384. The lowest BCUT2D eigenvalue weighted by Gasteiger charge is -2.29. The summed E-state index contributed by atoms with van der Waals surface area (Å²) in [6.07, 6.45) is 1.73. The number of nitro benzene ring substituents is 1. The molecule has 0 aliphatic carbocycles. The van der Waals surface area contributed by atoms with E-state index in [0.717, 1.165) is 16.8 Å². The molecule has 0 unspecified atom stereocenters. The maximum atomic E-state index is 12.5. The van der Waals surface area contributed by atoms with Gasteiger partial charge < -0.3 is 18.9 Å². The Morgan fingerprint density at radius 3 is 2.47 bits per heavy atom. The normalized spacial score (nSPS) is 13.8. The summed E-state index contributed by atoms with van der Waals surface area (Å²) in [4.78, 5) is 25.9. The number of morpholine rings is 1. The molecule has 1 fully saturated rings. The minimum atomic E-state index is -0.566. The number of benzene rings is 2. The Morgan fingerprint density at radius 1 is 1.07 bits per heavy atom. The number of anilines is 1.